The van der Waals surface area contributed by atoms with Crippen LogP contribution in [0.25, 0.3) is 0 Å². The Hall–Kier alpha value is -1.29. The predicted octanol–water partition coefficient (Wildman–Crippen LogP) is 2.83. The van der Waals surface area contributed by atoms with E-state index in [9.17, 15) is 0 Å². The highest BCUT2D eigenvalue weighted by Gasteiger charge is 2.08. The highest BCUT2D eigenvalue weighted by molar-refractivity contribution is 7.09. The van der Waals surface area contributed by atoms with Gasteiger partial charge in [0.1, 0.15) is 0 Å². The quantitative estimate of drug-likeness (QED) is 0.883. The van der Waals surface area contributed by atoms with Gasteiger partial charge >= 0.3 is 0 Å². The Kier molecular flexibility index (Phi) is 3.29. The van der Waals surface area contributed by atoms with Gasteiger partial charge in [0.15, 0.2) is 0 Å². The Balaban J connectivity index is 1.97. The van der Waals surface area contributed by atoms with E-state index in [0.717, 1.165) is 12.1 Å². The van der Waals surface area contributed by atoms with E-state index in [1.54, 1.807) is 0 Å². The highest BCUT2D eigenvalue weighted by Crippen LogP contribution is 2.17. The Labute approximate surface area is 100 Å². The number of rotatable bonds is 4. The molecule has 1 unspecified atom stereocenters. The molecule has 0 bridgehead atoms. The monoisotopic (exact) mass is 235 g/mol. The van der Waals surface area contributed by atoms with Crippen molar-refractivity contribution in [1.82, 2.24) is 9.78 Å². The van der Waals surface area contributed by atoms with Crippen LogP contribution in [0.2, 0.25) is 0 Å². The van der Waals surface area contributed by atoms with E-state index >= 15 is 0 Å². The average Bonchev–Trinajstić information content (AvgIpc) is 2.83. The maximum Gasteiger partial charge on any atom is 0.0758 e. The van der Waals surface area contributed by atoms with E-state index in [0.29, 0.717) is 6.04 Å². The lowest BCUT2D eigenvalue weighted by atomic mass is 10.2. The molecule has 0 aliphatic rings. The van der Waals surface area contributed by atoms with Crippen molar-refractivity contribution in [2.45, 2.75) is 26.3 Å². The van der Waals surface area contributed by atoms with Gasteiger partial charge < -0.3 is 5.32 Å². The van der Waals surface area contributed by atoms with Crippen molar-refractivity contribution in [3.05, 3.63) is 34.3 Å². The minimum atomic E-state index is 0.432. The molecule has 0 fully saturated rings. The van der Waals surface area contributed by atoms with Gasteiger partial charge in [0.05, 0.1) is 17.6 Å². The van der Waals surface area contributed by atoms with Crippen molar-refractivity contribution in [3.63, 3.8) is 0 Å². The third kappa shape index (κ3) is 2.44. The summed E-state index contributed by atoms with van der Waals surface area (Å²) in [6.45, 7) is 4.28. The number of aryl methyl sites for hydroxylation is 1. The lowest BCUT2D eigenvalue weighted by molar-refractivity contribution is 0.738. The first-order valence-corrected chi connectivity index (χ1v) is 6.32. The molecular weight excluding hydrogens is 218 g/mol. The Morgan fingerprint density at radius 1 is 1.56 bits per heavy atom. The van der Waals surface area contributed by atoms with Gasteiger partial charge in [-0.05, 0) is 25.3 Å². The standard InChI is InChI=1S/C12H17N3S/c1-9(7-11-5-4-6-16-11)14-12-8-13-15(3)10(12)2/h4-6,8-9,14H,7H2,1-3H3. The summed E-state index contributed by atoms with van der Waals surface area (Å²) in [4.78, 5) is 1.42. The summed E-state index contributed by atoms with van der Waals surface area (Å²) in [5.74, 6) is 0. The van der Waals surface area contributed by atoms with Gasteiger partial charge in [-0.15, -0.1) is 11.3 Å². The molecule has 2 aromatic heterocycles. The van der Waals surface area contributed by atoms with Gasteiger partial charge in [-0.25, -0.2) is 0 Å². The molecule has 0 saturated carbocycles. The SMILES string of the molecule is Cc1c(NC(C)Cc2cccs2)cnn1C. The van der Waals surface area contributed by atoms with Crippen LogP contribution in [-0.4, -0.2) is 15.8 Å². The van der Waals surface area contributed by atoms with Gasteiger partial charge in [0.25, 0.3) is 0 Å². The molecule has 3 nitrogen and oxygen atoms in total. The van der Waals surface area contributed by atoms with Crippen LogP contribution in [0.5, 0.6) is 0 Å². The molecule has 2 rings (SSSR count). The van der Waals surface area contributed by atoms with Crippen LogP contribution in [0.15, 0.2) is 23.7 Å². The van der Waals surface area contributed by atoms with E-state index in [-0.39, 0.29) is 0 Å². The molecule has 0 amide bonds. The molecule has 0 saturated heterocycles. The first kappa shape index (κ1) is 11.2. The van der Waals surface area contributed by atoms with Crippen LogP contribution in [0.1, 0.15) is 17.5 Å². The second-order valence-corrected chi connectivity index (χ2v) is 5.13. The lowest BCUT2D eigenvalue weighted by Crippen LogP contribution is -2.17. The summed E-state index contributed by atoms with van der Waals surface area (Å²) in [6.07, 6.45) is 2.95. The van der Waals surface area contributed by atoms with Gasteiger partial charge in [-0.3, -0.25) is 4.68 Å². The van der Waals surface area contributed by atoms with Crippen molar-refractivity contribution in [2.75, 3.05) is 5.32 Å². The van der Waals surface area contributed by atoms with Gasteiger partial charge in [0.2, 0.25) is 0 Å². The van der Waals surface area contributed by atoms with Crippen molar-refractivity contribution in [2.24, 2.45) is 7.05 Å². The van der Waals surface area contributed by atoms with Crippen LogP contribution >= 0.6 is 11.3 Å². The van der Waals surface area contributed by atoms with Crippen LogP contribution in [0, 0.1) is 6.92 Å². The molecule has 0 aliphatic carbocycles. The van der Waals surface area contributed by atoms with Crippen molar-refractivity contribution in [1.29, 1.82) is 0 Å². The van der Waals surface area contributed by atoms with Crippen molar-refractivity contribution in [3.8, 4) is 0 Å². The fourth-order valence-corrected chi connectivity index (χ4v) is 2.52. The average molecular weight is 235 g/mol. The zero-order valence-corrected chi connectivity index (χ0v) is 10.7. The normalized spacial score (nSPS) is 12.7. The number of hydrogen-bond donors (Lipinski definition) is 1. The topological polar surface area (TPSA) is 29.9 Å². The Bertz CT molecular complexity index is 445. The Morgan fingerprint density at radius 2 is 2.38 bits per heavy atom. The van der Waals surface area contributed by atoms with E-state index < -0.39 is 0 Å². The summed E-state index contributed by atoms with van der Waals surface area (Å²) in [6, 6.07) is 4.71. The van der Waals surface area contributed by atoms with Crippen LogP contribution in [-0.2, 0) is 13.5 Å². The van der Waals surface area contributed by atoms with E-state index in [2.05, 4.69) is 41.8 Å². The van der Waals surface area contributed by atoms with Gasteiger partial charge in [-0.2, -0.15) is 5.10 Å². The number of anilines is 1. The summed E-state index contributed by atoms with van der Waals surface area (Å²) in [5, 5.41) is 9.84. The molecular formula is C12H17N3S. The zero-order valence-electron chi connectivity index (χ0n) is 9.90. The molecule has 4 heteroatoms. The van der Waals surface area contributed by atoms with Gasteiger partial charge in [0, 0.05) is 24.4 Å². The molecule has 1 N–H and O–H groups in total. The van der Waals surface area contributed by atoms with Crippen LogP contribution < -0.4 is 5.32 Å². The fraction of sp³-hybridized carbons (Fsp3) is 0.417. The summed E-state index contributed by atoms with van der Waals surface area (Å²) < 4.78 is 1.89. The molecule has 0 aromatic carbocycles. The molecule has 2 aromatic rings. The zero-order chi connectivity index (χ0) is 11.5. The predicted molar refractivity (Wildman–Crippen MR) is 69.1 cm³/mol. The summed E-state index contributed by atoms with van der Waals surface area (Å²) >= 11 is 1.81. The first-order valence-electron chi connectivity index (χ1n) is 5.44. The van der Waals surface area contributed by atoms with Crippen LogP contribution in [0.3, 0.4) is 0 Å². The lowest BCUT2D eigenvalue weighted by Gasteiger charge is -2.13. The summed E-state index contributed by atoms with van der Waals surface area (Å²) in [7, 11) is 1.96. The number of hydrogen-bond acceptors (Lipinski definition) is 3. The number of nitrogens with zero attached hydrogens (tertiary/aromatic N) is 2. The minimum Gasteiger partial charge on any atom is -0.379 e. The second kappa shape index (κ2) is 4.70. The second-order valence-electron chi connectivity index (χ2n) is 4.10. The van der Waals surface area contributed by atoms with Crippen molar-refractivity contribution < 1.29 is 0 Å². The molecule has 16 heavy (non-hydrogen) atoms. The third-order valence-corrected chi connectivity index (χ3v) is 3.62. The largest absolute Gasteiger partial charge is 0.379 e. The number of aromatic nitrogens is 2. The van der Waals surface area contributed by atoms with Crippen molar-refractivity contribution >= 4 is 17.0 Å². The maximum atomic E-state index is 4.22. The van der Waals surface area contributed by atoms with Gasteiger partial charge in [-0.1, -0.05) is 6.07 Å². The highest BCUT2D eigenvalue weighted by atomic mass is 32.1. The van der Waals surface area contributed by atoms with E-state index in [1.165, 1.54) is 10.6 Å². The van der Waals surface area contributed by atoms with E-state index in [4.69, 9.17) is 0 Å². The molecule has 0 radical (unpaired) electrons. The fourth-order valence-electron chi connectivity index (χ4n) is 1.69. The number of thiophene rings is 1. The molecule has 86 valence electrons. The minimum absolute atomic E-state index is 0.432. The van der Waals surface area contributed by atoms with E-state index in [1.807, 2.05) is 29.3 Å². The molecule has 1 atom stereocenters. The van der Waals surface area contributed by atoms with Crippen LogP contribution in [0.4, 0.5) is 5.69 Å². The smallest absolute Gasteiger partial charge is 0.0758 e. The third-order valence-electron chi connectivity index (χ3n) is 2.72. The molecule has 0 spiro atoms. The molecule has 0 aliphatic heterocycles. The Morgan fingerprint density at radius 3 is 2.94 bits per heavy atom. The summed E-state index contributed by atoms with van der Waals surface area (Å²) in [5.41, 5.74) is 2.31. The maximum absolute atomic E-state index is 4.22. The number of nitrogens with one attached hydrogen (secondary N) is 1. The first-order chi connectivity index (χ1) is 7.66. The molecule has 2 heterocycles.